The van der Waals surface area contributed by atoms with Crippen LogP contribution in [0.1, 0.15) is 20.7 Å². The lowest BCUT2D eigenvalue weighted by Crippen LogP contribution is -2.00. The molecule has 0 heterocycles. The normalized spacial score (nSPS) is 9.43. The molecule has 0 unspecified atom stereocenters. The van der Waals surface area contributed by atoms with Crippen LogP contribution in [0.5, 0.6) is 23.0 Å². The molecule has 0 aromatic heterocycles. The Hall–Kier alpha value is -3.42. The SMILES string of the molecule is COC(=O)c1ccc(O)cc1O.O=C(O)c1ccc(O)cc1O. The van der Waals surface area contributed by atoms with Crippen molar-refractivity contribution in [3.8, 4) is 23.0 Å². The van der Waals surface area contributed by atoms with Crippen molar-refractivity contribution in [1.29, 1.82) is 0 Å². The van der Waals surface area contributed by atoms with Gasteiger partial charge in [0, 0.05) is 12.1 Å². The lowest BCUT2D eigenvalue weighted by molar-refractivity contribution is 0.0596. The van der Waals surface area contributed by atoms with E-state index in [9.17, 15) is 9.59 Å². The quantitative estimate of drug-likeness (QED) is 0.525. The van der Waals surface area contributed by atoms with Crippen LogP contribution in [0.2, 0.25) is 0 Å². The van der Waals surface area contributed by atoms with E-state index in [1.165, 1.54) is 25.3 Å². The van der Waals surface area contributed by atoms with Crippen LogP contribution in [0.4, 0.5) is 0 Å². The van der Waals surface area contributed by atoms with Gasteiger partial charge >= 0.3 is 11.9 Å². The van der Waals surface area contributed by atoms with Crippen LogP contribution in [0.25, 0.3) is 0 Å². The standard InChI is InChI=1S/C8H8O4.C7H6O4/c1-12-8(11)6-3-2-5(9)4-7(6)10;8-4-1-2-5(7(10)11)6(9)3-4/h2-4,9-10H,1H3;1-3,8-9H,(H,10,11). The number of rotatable bonds is 2. The van der Waals surface area contributed by atoms with Crippen molar-refractivity contribution in [3.63, 3.8) is 0 Å². The van der Waals surface area contributed by atoms with Gasteiger partial charge < -0.3 is 30.3 Å². The summed E-state index contributed by atoms with van der Waals surface area (Å²) in [7, 11) is 1.22. The van der Waals surface area contributed by atoms with E-state index < -0.39 is 17.7 Å². The summed E-state index contributed by atoms with van der Waals surface area (Å²) in [6.45, 7) is 0. The van der Waals surface area contributed by atoms with Crippen LogP contribution >= 0.6 is 0 Å². The Labute approximate surface area is 130 Å². The smallest absolute Gasteiger partial charge is 0.341 e. The zero-order valence-corrected chi connectivity index (χ0v) is 11.9. The minimum Gasteiger partial charge on any atom is -0.508 e. The van der Waals surface area contributed by atoms with Crippen LogP contribution < -0.4 is 0 Å². The molecule has 8 heteroatoms. The summed E-state index contributed by atoms with van der Waals surface area (Å²) in [6, 6.07) is 6.97. The van der Waals surface area contributed by atoms with Crippen molar-refractivity contribution < 1.29 is 39.9 Å². The number of ether oxygens (including phenoxy) is 1. The predicted octanol–water partition coefficient (Wildman–Crippen LogP) is 1.68. The Morgan fingerprint density at radius 3 is 1.61 bits per heavy atom. The summed E-state index contributed by atoms with van der Waals surface area (Å²) in [5.74, 6) is -2.83. The maximum Gasteiger partial charge on any atom is 0.341 e. The van der Waals surface area contributed by atoms with Crippen molar-refractivity contribution in [1.82, 2.24) is 0 Å². The number of hydrogen-bond acceptors (Lipinski definition) is 7. The first-order valence-electron chi connectivity index (χ1n) is 6.11. The number of carbonyl (C=O) groups is 2. The van der Waals surface area contributed by atoms with Gasteiger partial charge in [-0.2, -0.15) is 0 Å². The summed E-state index contributed by atoms with van der Waals surface area (Å²) in [4.78, 5) is 21.2. The Bertz CT molecular complexity index is 723. The van der Waals surface area contributed by atoms with Gasteiger partial charge in [0.05, 0.1) is 7.11 Å². The molecule has 0 spiro atoms. The zero-order valence-electron chi connectivity index (χ0n) is 11.9. The largest absolute Gasteiger partial charge is 0.508 e. The number of methoxy groups -OCH3 is 1. The molecular formula is C15H14O8. The number of benzene rings is 2. The number of carbonyl (C=O) groups excluding carboxylic acids is 1. The summed E-state index contributed by atoms with van der Waals surface area (Å²) >= 11 is 0. The summed E-state index contributed by atoms with van der Waals surface area (Å²) in [5.41, 5.74) is -0.182. The predicted molar refractivity (Wildman–Crippen MR) is 77.8 cm³/mol. The summed E-state index contributed by atoms with van der Waals surface area (Å²) in [6.07, 6.45) is 0. The van der Waals surface area contributed by atoms with E-state index in [0.717, 1.165) is 18.2 Å². The number of phenols is 4. The van der Waals surface area contributed by atoms with Gasteiger partial charge in [0.2, 0.25) is 0 Å². The summed E-state index contributed by atoms with van der Waals surface area (Å²) < 4.78 is 4.38. The number of carboxylic acids is 1. The second-order valence-corrected chi connectivity index (χ2v) is 4.20. The molecule has 2 rings (SSSR count). The van der Waals surface area contributed by atoms with Crippen LogP contribution in [0.15, 0.2) is 36.4 Å². The number of aromatic carboxylic acids is 1. The Kier molecular flexibility index (Phi) is 5.79. The molecular weight excluding hydrogens is 308 g/mol. The molecule has 23 heavy (non-hydrogen) atoms. The van der Waals surface area contributed by atoms with Crippen molar-refractivity contribution >= 4 is 11.9 Å². The van der Waals surface area contributed by atoms with Gasteiger partial charge in [-0.25, -0.2) is 9.59 Å². The Morgan fingerprint density at radius 2 is 1.26 bits per heavy atom. The molecule has 0 atom stereocenters. The van der Waals surface area contributed by atoms with Crippen LogP contribution in [-0.4, -0.2) is 44.6 Å². The fourth-order valence-corrected chi connectivity index (χ4v) is 1.50. The maximum atomic E-state index is 10.9. The first-order chi connectivity index (χ1) is 10.8. The van der Waals surface area contributed by atoms with E-state index >= 15 is 0 Å². The molecule has 0 aliphatic carbocycles. The Balaban J connectivity index is 0.000000231. The highest BCUT2D eigenvalue weighted by molar-refractivity contribution is 5.92. The van der Waals surface area contributed by atoms with Crippen LogP contribution in [-0.2, 0) is 4.74 Å². The van der Waals surface area contributed by atoms with E-state index in [1.54, 1.807) is 0 Å². The van der Waals surface area contributed by atoms with Crippen LogP contribution in [0.3, 0.4) is 0 Å². The van der Waals surface area contributed by atoms with Gasteiger partial charge in [0.25, 0.3) is 0 Å². The molecule has 2 aromatic rings. The minimum absolute atomic E-state index is 0.0373. The minimum atomic E-state index is -1.22. The van der Waals surface area contributed by atoms with Crippen LogP contribution in [0, 0.1) is 0 Å². The average molecular weight is 322 g/mol. The lowest BCUT2D eigenvalue weighted by atomic mass is 10.2. The van der Waals surface area contributed by atoms with Gasteiger partial charge in [-0.15, -0.1) is 0 Å². The third-order valence-electron chi connectivity index (χ3n) is 2.60. The second-order valence-electron chi connectivity index (χ2n) is 4.20. The molecule has 0 fully saturated rings. The molecule has 0 aliphatic heterocycles. The second kappa shape index (κ2) is 7.55. The van der Waals surface area contributed by atoms with Gasteiger partial charge in [-0.1, -0.05) is 0 Å². The maximum absolute atomic E-state index is 10.9. The third kappa shape index (κ3) is 4.81. The molecule has 0 saturated heterocycles. The summed E-state index contributed by atoms with van der Waals surface area (Å²) in [5, 5.41) is 44.1. The van der Waals surface area contributed by atoms with Gasteiger partial charge in [-0.05, 0) is 24.3 Å². The third-order valence-corrected chi connectivity index (χ3v) is 2.60. The van der Waals surface area contributed by atoms with E-state index in [4.69, 9.17) is 25.5 Å². The topological polar surface area (TPSA) is 145 Å². The van der Waals surface area contributed by atoms with Gasteiger partial charge in [-0.3, -0.25) is 0 Å². The molecule has 0 bridgehead atoms. The van der Waals surface area contributed by atoms with Gasteiger partial charge in [0.15, 0.2) is 0 Å². The molecule has 0 amide bonds. The number of esters is 1. The van der Waals surface area contributed by atoms with E-state index in [2.05, 4.69) is 4.74 Å². The first-order valence-corrected chi connectivity index (χ1v) is 6.11. The number of carboxylic acid groups (broad SMARTS) is 1. The fraction of sp³-hybridized carbons (Fsp3) is 0.0667. The molecule has 0 aliphatic rings. The highest BCUT2D eigenvalue weighted by Crippen LogP contribution is 2.23. The van der Waals surface area contributed by atoms with Crippen molar-refractivity contribution in [2.75, 3.05) is 7.11 Å². The van der Waals surface area contributed by atoms with Crippen molar-refractivity contribution in [2.45, 2.75) is 0 Å². The van der Waals surface area contributed by atoms with Crippen molar-refractivity contribution in [3.05, 3.63) is 47.5 Å². The number of phenolic OH excluding ortho intramolecular Hbond substituents is 3. The zero-order chi connectivity index (χ0) is 17.6. The molecule has 122 valence electrons. The monoisotopic (exact) mass is 322 g/mol. The molecule has 0 saturated carbocycles. The molecule has 2 aromatic carbocycles. The Morgan fingerprint density at radius 1 is 0.826 bits per heavy atom. The first kappa shape index (κ1) is 17.6. The fourth-order valence-electron chi connectivity index (χ4n) is 1.50. The highest BCUT2D eigenvalue weighted by Gasteiger charge is 2.10. The average Bonchev–Trinajstić information content (AvgIpc) is 2.46. The molecule has 8 nitrogen and oxygen atoms in total. The molecule has 0 radical (unpaired) electrons. The van der Waals surface area contributed by atoms with Crippen molar-refractivity contribution in [2.24, 2.45) is 0 Å². The molecule has 5 N–H and O–H groups in total. The van der Waals surface area contributed by atoms with E-state index in [-0.39, 0.29) is 28.4 Å². The lowest BCUT2D eigenvalue weighted by Gasteiger charge is -2.01. The highest BCUT2D eigenvalue weighted by atomic mass is 16.5. The van der Waals surface area contributed by atoms with Gasteiger partial charge in [0.1, 0.15) is 34.1 Å². The van der Waals surface area contributed by atoms with E-state index in [1.807, 2.05) is 0 Å². The number of hydrogen-bond donors (Lipinski definition) is 5. The number of aromatic hydroxyl groups is 4. The van der Waals surface area contributed by atoms with E-state index in [0.29, 0.717) is 0 Å².